The van der Waals surface area contributed by atoms with E-state index in [0.717, 1.165) is 30.7 Å². The van der Waals surface area contributed by atoms with Crippen molar-refractivity contribution < 1.29 is 19.7 Å². The van der Waals surface area contributed by atoms with Crippen LogP contribution in [0.25, 0.3) is 0 Å². The summed E-state index contributed by atoms with van der Waals surface area (Å²) in [5.41, 5.74) is 0.875. The molecule has 5 nitrogen and oxygen atoms in total. The topological polar surface area (TPSA) is 71.0 Å². The van der Waals surface area contributed by atoms with Gasteiger partial charge in [0.2, 0.25) is 6.79 Å². The minimum atomic E-state index is -0.580. The number of hydrogen-bond donors (Lipinski definition) is 3. The van der Waals surface area contributed by atoms with Gasteiger partial charge in [0.15, 0.2) is 11.5 Å². The van der Waals surface area contributed by atoms with Crippen LogP contribution in [0, 0.1) is 5.41 Å². The van der Waals surface area contributed by atoms with E-state index >= 15 is 0 Å². The molecule has 0 aromatic heterocycles. The van der Waals surface area contributed by atoms with E-state index in [9.17, 15) is 10.2 Å². The predicted molar refractivity (Wildman–Crippen MR) is 69.1 cm³/mol. The van der Waals surface area contributed by atoms with Gasteiger partial charge in [-0.2, -0.15) is 0 Å². The SMILES string of the molecule is OCC1(CNCC(O)c2ccc3c(c2)OCO3)CC1. The van der Waals surface area contributed by atoms with Gasteiger partial charge in [-0.25, -0.2) is 0 Å². The maximum atomic E-state index is 10.1. The smallest absolute Gasteiger partial charge is 0.231 e. The van der Waals surface area contributed by atoms with Crippen LogP contribution in [-0.4, -0.2) is 36.7 Å². The second kappa shape index (κ2) is 5.00. The van der Waals surface area contributed by atoms with Crippen molar-refractivity contribution in [1.82, 2.24) is 5.32 Å². The van der Waals surface area contributed by atoms with Crippen molar-refractivity contribution >= 4 is 0 Å². The quantitative estimate of drug-likeness (QED) is 0.710. The third kappa shape index (κ3) is 2.68. The summed E-state index contributed by atoms with van der Waals surface area (Å²) in [5.74, 6) is 1.41. The molecule has 104 valence electrons. The Bertz CT molecular complexity index is 459. The number of ether oxygens (including phenoxy) is 2. The van der Waals surface area contributed by atoms with Gasteiger partial charge >= 0.3 is 0 Å². The largest absolute Gasteiger partial charge is 0.454 e. The highest BCUT2D eigenvalue weighted by molar-refractivity contribution is 5.45. The van der Waals surface area contributed by atoms with Gasteiger partial charge in [0.25, 0.3) is 0 Å². The van der Waals surface area contributed by atoms with Crippen molar-refractivity contribution in [3.8, 4) is 11.5 Å². The molecule has 1 fully saturated rings. The Morgan fingerprint density at radius 2 is 2.05 bits per heavy atom. The molecule has 1 aromatic carbocycles. The molecule has 1 aromatic rings. The third-order valence-electron chi connectivity index (χ3n) is 3.91. The lowest BCUT2D eigenvalue weighted by Gasteiger charge is -2.16. The summed E-state index contributed by atoms with van der Waals surface area (Å²) in [6, 6.07) is 5.48. The van der Waals surface area contributed by atoms with Crippen molar-refractivity contribution in [2.24, 2.45) is 5.41 Å². The van der Waals surface area contributed by atoms with Crippen molar-refractivity contribution in [2.45, 2.75) is 18.9 Å². The molecule has 0 bridgehead atoms. The molecule has 1 unspecified atom stereocenters. The molecular weight excluding hydrogens is 246 g/mol. The molecule has 1 atom stereocenters. The Morgan fingerprint density at radius 3 is 2.79 bits per heavy atom. The van der Waals surface area contributed by atoms with E-state index in [0.29, 0.717) is 12.3 Å². The number of aliphatic hydroxyl groups excluding tert-OH is 2. The summed E-state index contributed by atoms with van der Waals surface area (Å²) in [6.45, 7) is 1.69. The molecule has 2 aliphatic rings. The van der Waals surface area contributed by atoms with Crippen LogP contribution in [-0.2, 0) is 0 Å². The number of rotatable bonds is 6. The van der Waals surface area contributed by atoms with Crippen molar-refractivity contribution in [2.75, 3.05) is 26.5 Å². The molecule has 0 amide bonds. The lowest BCUT2D eigenvalue weighted by molar-refractivity contribution is 0.161. The Balaban J connectivity index is 1.54. The fourth-order valence-electron chi connectivity index (χ4n) is 2.28. The number of aliphatic hydroxyl groups is 2. The summed E-state index contributed by atoms with van der Waals surface area (Å²) in [4.78, 5) is 0. The second-order valence-corrected chi connectivity index (χ2v) is 5.42. The Hall–Kier alpha value is -1.30. The minimum Gasteiger partial charge on any atom is -0.454 e. The maximum Gasteiger partial charge on any atom is 0.231 e. The zero-order valence-corrected chi connectivity index (χ0v) is 10.8. The van der Waals surface area contributed by atoms with Crippen molar-refractivity contribution in [1.29, 1.82) is 0 Å². The fourth-order valence-corrected chi connectivity index (χ4v) is 2.28. The molecule has 5 heteroatoms. The maximum absolute atomic E-state index is 10.1. The van der Waals surface area contributed by atoms with Gasteiger partial charge in [-0.15, -0.1) is 0 Å². The van der Waals surface area contributed by atoms with Crippen LogP contribution < -0.4 is 14.8 Å². The summed E-state index contributed by atoms with van der Waals surface area (Å²) in [5, 5.41) is 22.6. The normalized spacial score (nSPS) is 20.3. The summed E-state index contributed by atoms with van der Waals surface area (Å²) >= 11 is 0. The monoisotopic (exact) mass is 265 g/mol. The highest BCUT2D eigenvalue weighted by Crippen LogP contribution is 2.44. The van der Waals surface area contributed by atoms with E-state index in [2.05, 4.69) is 5.32 Å². The molecule has 3 rings (SSSR count). The van der Waals surface area contributed by atoms with Gasteiger partial charge in [-0.3, -0.25) is 0 Å². The average Bonchev–Trinajstić information content (AvgIpc) is 3.06. The van der Waals surface area contributed by atoms with Gasteiger partial charge in [0.1, 0.15) is 0 Å². The van der Waals surface area contributed by atoms with E-state index in [-0.39, 0.29) is 18.8 Å². The van der Waals surface area contributed by atoms with E-state index in [1.165, 1.54) is 0 Å². The molecule has 3 N–H and O–H groups in total. The molecule has 0 saturated heterocycles. The predicted octanol–water partition coefficient (Wildman–Crippen LogP) is 0.811. The summed E-state index contributed by atoms with van der Waals surface area (Å²) in [7, 11) is 0. The van der Waals surface area contributed by atoms with Gasteiger partial charge in [-0.05, 0) is 30.5 Å². The molecule has 19 heavy (non-hydrogen) atoms. The first-order valence-electron chi connectivity index (χ1n) is 6.62. The number of fused-ring (bicyclic) bond motifs is 1. The lowest BCUT2D eigenvalue weighted by Crippen LogP contribution is -2.30. The highest BCUT2D eigenvalue weighted by atomic mass is 16.7. The Morgan fingerprint density at radius 1 is 1.26 bits per heavy atom. The van der Waals surface area contributed by atoms with Crippen LogP contribution in [0.1, 0.15) is 24.5 Å². The van der Waals surface area contributed by atoms with Crippen molar-refractivity contribution in [3.63, 3.8) is 0 Å². The molecule has 0 spiro atoms. The third-order valence-corrected chi connectivity index (χ3v) is 3.91. The van der Waals surface area contributed by atoms with Crippen LogP contribution in [0.4, 0.5) is 0 Å². The first-order valence-corrected chi connectivity index (χ1v) is 6.62. The zero-order chi connectivity index (χ0) is 13.3. The lowest BCUT2D eigenvalue weighted by atomic mass is 10.1. The number of hydrogen-bond acceptors (Lipinski definition) is 5. The van der Waals surface area contributed by atoms with Crippen LogP contribution in [0.2, 0.25) is 0 Å². The second-order valence-electron chi connectivity index (χ2n) is 5.42. The summed E-state index contributed by atoms with van der Waals surface area (Å²) in [6.07, 6.45) is 1.55. The molecule has 1 heterocycles. The van der Waals surface area contributed by atoms with Crippen molar-refractivity contribution in [3.05, 3.63) is 23.8 Å². The van der Waals surface area contributed by atoms with E-state index in [4.69, 9.17) is 9.47 Å². The standard InChI is InChI=1S/C14H19NO4/c16-8-14(3-4-14)7-15-6-11(17)10-1-2-12-13(5-10)19-9-18-12/h1-2,5,11,15-17H,3-4,6-9H2. The number of benzene rings is 1. The first kappa shape index (κ1) is 12.7. The Labute approximate surface area is 112 Å². The van der Waals surface area contributed by atoms with Crippen LogP contribution in [0.3, 0.4) is 0 Å². The van der Waals surface area contributed by atoms with Crippen LogP contribution in [0.5, 0.6) is 11.5 Å². The zero-order valence-electron chi connectivity index (χ0n) is 10.8. The molecular formula is C14H19NO4. The van der Waals surface area contributed by atoms with E-state index in [1.807, 2.05) is 18.2 Å². The first-order chi connectivity index (χ1) is 9.22. The Kier molecular flexibility index (Phi) is 3.35. The molecule has 1 aliphatic heterocycles. The highest BCUT2D eigenvalue weighted by Gasteiger charge is 2.41. The van der Waals surface area contributed by atoms with Crippen LogP contribution >= 0.6 is 0 Å². The van der Waals surface area contributed by atoms with Gasteiger partial charge < -0.3 is 25.0 Å². The van der Waals surface area contributed by atoms with Crippen LogP contribution in [0.15, 0.2) is 18.2 Å². The summed E-state index contributed by atoms with van der Waals surface area (Å²) < 4.78 is 10.5. The number of nitrogens with one attached hydrogen (secondary N) is 1. The molecule has 1 aliphatic carbocycles. The van der Waals surface area contributed by atoms with E-state index in [1.54, 1.807) is 0 Å². The molecule has 0 radical (unpaired) electrons. The van der Waals surface area contributed by atoms with E-state index < -0.39 is 6.10 Å². The fraction of sp³-hybridized carbons (Fsp3) is 0.571. The van der Waals surface area contributed by atoms with Gasteiger partial charge in [-0.1, -0.05) is 6.07 Å². The van der Waals surface area contributed by atoms with Gasteiger partial charge in [0, 0.05) is 25.1 Å². The van der Waals surface area contributed by atoms with Gasteiger partial charge in [0.05, 0.1) is 6.10 Å². The minimum absolute atomic E-state index is 0.0641. The molecule has 1 saturated carbocycles. The average molecular weight is 265 g/mol.